The van der Waals surface area contributed by atoms with Gasteiger partial charge in [-0.05, 0) is 48.9 Å². The van der Waals surface area contributed by atoms with E-state index >= 15 is 0 Å². The molecule has 1 atom stereocenters. The second kappa shape index (κ2) is 9.99. The Labute approximate surface area is 196 Å². The molecule has 1 aliphatic carbocycles. The number of carbonyl (C=O) groups excluding carboxylic acids is 2. The second-order valence-corrected chi connectivity index (χ2v) is 9.21. The topological polar surface area (TPSA) is 82.0 Å². The number of aryl methyl sites for hydroxylation is 1. The average molecular weight is 464 g/mol. The van der Waals surface area contributed by atoms with Gasteiger partial charge in [0.1, 0.15) is 11.1 Å². The molecule has 4 rings (SSSR count). The second-order valence-electron chi connectivity index (χ2n) is 7.70. The van der Waals surface area contributed by atoms with Crippen molar-refractivity contribution in [1.82, 2.24) is 5.32 Å². The molecule has 3 aromatic rings. The lowest BCUT2D eigenvalue weighted by atomic mass is 9.96. The van der Waals surface area contributed by atoms with Gasteiger partial charge < -0.3 is 10.6 Å². The summed E-state index contributed by atoms with van der Waals surface area (Å²) in [6, 6.07) is 17.9. The molecule has 2 N–H and O–H groups in total. The molecule has 162 valence electrons. The third kappa shape index (κ3) is 4.85. The SMILES string of the molecule is N#Cc1c(NC(=O)C[C@H](NC(=O)c2ccccc2Cl)c2ccccc2)sc2c1CCCC2. The Morgan fingerprint density at radius 1 is 1.06 bits per heavy atom. The number of nitriles is 1. The quantitative estimate of drug-likeness (QED) is 0.495. The van der Waals surface area contributed by atoms with Gasteiger partial charge in [0.25, 0.3) is 5.91 Å². The van der Waals surface area contributed by atoms with Crippen molar-refractivity contribution in [2.24, 2.45) is 0 Å². The zero-order valence-electron chi connectivity index (χ0n) is 17.4. The van der Waals surface area contributed by atoms with Gasteiger partial charge in [-0.3, -0.25) is 9.59 Å². The molecule has 0 unspecified atom stereocenters. The minimum atomic E-state index is -0.542. The summed E-state index contributed by atoms with van der Waals surface area (Å²) in [5.74, 6) is -0.602. The standard InChI is InChI=1S/C25H22ClN3O2S/c26-20-12-6-4-11-18(20)24(31)28-21(16-8-2-1-3-9-16)14-23(30)29-25-19(15-27)17-10-5-7-13-22(17)32-25/h1-4,6,8-9,11-12,21H,5,7,10,13-14H2,(H,28,31)(H,29,30)/t21-/m0/s1. The molecule has 0 saturated carbocycles. The molecule has 0 radical (unpaired) electrons. The van der Waals surface area contributed by atoms with Crippen LogP contribution in [0.25, 0.3) is 0 Å². The van der Waals surface area contributed by atoms with Gasteiger partial charge >= 0.3 is 0 Å². The zero-order valence-corrected chi connectivity index (χ0v) is 18.9. The highest BCUT2D eigenvalue weighted by Gasteiger charge is 2.24. The number of halogens is 1. The fourth-order valence-electron chi connectivity index (χ4n) is 3.95. The molecule has 0 fully saturated rings. The summed E-state index contributed by atoms with van der Waals surface area (Å²) < 4.78 is 0. The number of carbonyl (C=O) groups is 2. The molecular formula is C25H22ClN3O2S. The maximum Gasteiger partial charge on any atom is 0.253 e. The zero-order chi connectivity index (χ0) is 22.5. The number of nitrogens with one attached hydrogen (secondary N) is 2. The molecule has 0 aliphatic heterocycles. The molecule has 0 spiro atoms. The molecule has 2 aromatic carbocycles. The first-order valence-electron chi connectivity index (χ1n) is 10.5. The van der Waals surface area contributed by atoms with Crippen LogP contribution in [0.1, 0.15) is 57.2 Å². The van der Waals surface area contributed by atoms with Crippen LogP contribution in [0.15, 0.2) is 54.6 Å². The third-order valence-corrected chi connectivity index (χ3v) is 7.09. The first kappa shape index (κ1) is 22.1. The van der Waals surface area contributed by atoms with Gasteiger partial charge in [-0.15, -0.1) is 11.3 Å². The predicted molar refractivity (Wildman–Crippen MR) is 127 cm³/mol. The molecule has 32 heavy (non-hydrogen) atoms. The molecule has 5 nitrogen and oxygen atoms in total. The highest BCUT2D eigenvalue weighted by molar-refractivity contribution is 7.16. The molecule has 1 heterocycles. The highest BCUT2D eigenvalue weighted by atomic mass is 35.5. The Kier molecular flexibility index (Phi) is 6.89. The summed E-state index contributed by atoms with van der Waals surface area (Å²) in [6.45, 7) is 0. The average Bonchev–Trinajstić information content (AvgIpc) is 3.16. The summed E-state index contributed by atoms with van der Waals surface area (Å²) in [5.41, 5.74) is 2.82. The smallest absolute Gasteiger partial charge is 0.253 e. The predicted octanol–water partition coefficient (Wildman–Crippen LogP) is 5.65. The van der Waals surface area contributed by atoms with Gasteiger partial charge in [0, 0.05) is 4.88 Å². The highest BCUT2D eigenvalue weighted by Crippen LogP contribution is 2.37. The van der Waals surface area contributed by atoms with E-state index in [9.17, 15) is 14.9 Å². The van der Waals surface area contributed by atoms with E-state index in [1.807, 2.05) is 30.3 Å². The Hall–Kier alpha value is -3.14. The van der Waals surface area contributed by atoms with Crippen LogP contribution in [0.5, 0.6) is 0 Å². The molecule has 1 aromatic heterocycles. The molecule has 0 saturated heterocycles. The van der Waals surface area contributed by atoms with Gasteiger partial charge in [0.15, 0.2) is 0 Å². The minimum Gasteiger partial charge on any atom is -0.345 e. The van der Waals surface area contributed by atoms with Crippen molar-refractivity contribution >= 4 is 39.8 Å². The van der Waals surface area contributed by atoms with Crippen molar-refractivity contribution < 1.29 is 9.59 Å². The van der Waals surface area contributed by atoms with Crippen molar-refractivity contribution in [1.29, 1.82) is 5.26 Å². The first-order valence-corrected chi connectivity index (χ1v) is 11.7. The van der Waals surface area contributed by atoms with Crippen LogP contribution in [-0.2, 0) is 17.6 Å². The number of anilines is 1. The molecule has 1 aliphatic rings. The number of hydrogen-bond acceptors (Lipinski definition) is 4. The van der Waals surface area contributed by atoms with Crippen molar-refractivity contribution in [2.45, 2.75) is 38.1 Å². The number of hydrogen-bond donors (Lipinski definition) is 2. The van der Waals surface area contributed by atoms with Crippen LogP contribution < -0.4 is 10.6 Å². The van der Waals surface area contributed by atoms with Crippen LogP contribution in [-0.4, -0.2) is 11.8 Å². The van der Waals surface area contributed by atoms with Gasteiger partial charge in [-0.2, -0.15) is 5.26 Å². The number of amides is 2. The molecule has 7 heteroatoms. The maximum atomic E-state index is 13.0. The van der Waals surface area contributed by atoms with Crippen LogP contribution in [0.2, 0.25) is 5.02 Å². The lowest BCUT2D eigenvalue weighted by Gasteiger charge is -2.19. The molecule has 0 bridgehead atoms. The van der Waals surface area contributed by atoms with Gasteiger partial charge in [-0.1, -0.05) is 54.1 Å². The molecular weight excluding hydrogens is 442 g/mol. The van der Waals surface area contributed by atoms with Gasteiger partial charge in [-0.25, -0.2) is 0 Å². The monoisotopic (exact) mass is 463 g/mol. The van der Waals surface area contributed by atoms with E-state index in [0.29, 0.717) is 21.2 Å². The van der Waals surface area contributed by atoms with Gasteiger partial charge in [0.2, 0.25) is 5.91 Å². The summed E-state index contributed by atoms with van der Waals surface area (Å²) >= 11 is 7.67. The Morgan fingerprint density at radius 2 is 1.78 bits per heavy atom. The fraction of sp³-hybridized carbons (Fsp3) is 0.240. The Bertz CT molecular complexity index is 1180. The van der Waals surface area contributed by atoms with Crippen molar-refractivity contribution in [3.8, 4) is 6.07 Å². The van der Waals surface area contributed by atoms with Crippen LogP contribution in [0.4, 0.5) is 5.00 Å². The van der Waals surface area contributed by atoms with E-state index in [1.165, 1.54) is 16.2 Å². The maximum absolute atomic E-state index is 13.0. The van der Waals surface area contributed by atoms with E-state index in [1.54, 1.807) is 24.3 Å². The van der Waals surface area contributed by atoms with Crippen LogP contribution in [0.3, 0.4) is 0 Å². The van der Waals surface area contributed by atoms with Gasteiger partial charge in [0.05, 0.1) is 28.6 Å². The summed E-state index contributed by atoms with van der Waals surface area (Å²) in [6.07, 6.45) is 4.04. The number of rotatable bonds is 6. The normalized spacial score (nSPS) is 13.5. The van der Waals surface area contributed by atoms with E-state index in [4.69, 9.17) is 11.6 Å². The number of thiophene rings is 1. The van der Waals surface area contributed by atoms with Crippen LogP contribution in [0, 0.1) is 11.3 Å². The van der Waals surface area contributed by atoms with E-state index < -0.39 is 6.04 Å². The fourth-order valence-corrected chi connectivity index (χ4v) is 5.43. The van der Waals surface area contributed by atoms with Crippen molar-refractivity contribution in [3.05, 3.63) is 86.8 Å². The third-order valence-electron chi connectivity index (χ3n) is 5.55. The minimum absolute atomic E-state index is 0.0354. The summed E-state index contributed by atoms with van der Waals surface area (Å²) in [7, 11) is 0. The van der Waals surface area contributed by atoms with E-state index in [0.717, 1.165) is 36.8 Å². The molecule has 2 amide bonds. The van der Waals surface area contributed by atoms with Crippen molar-refractivity contribution in [2.75, 3.05) is 5.32 Å². The van der Waals surface area contributed by atoms with Crippen molar-refractivity contribution in [3.63, 3.8) is 0 Å². The Morgan fingerprint density at radius 3 is 2.53 bits per heavy atom. The Balaban J connectivity index is 1.54. The van der Waals surface area contributed by atoms with Crippen LogP contribution >= 0.6 is 22.9 Å². The lowest BCUT2D eigenvalue weighted by Crippen LogP contribution is -2.31. The number of benzene rings is 2. The first-order chi connectivity index (χ1) is 15.6. The summed E-state index contributed by atoms with van der Waals surface area (Å²) in [4.78, 5) is 27.0. The number of fused-ring (bicyclic) bond motifs is 1. The lowest BCUT2D eigenvalue weighted by molar-refractivity contribution is -0.116. The van der Waals surface area contributed by atoms with E-state index in [-0.39, 0.29) is 18.2 Å². The number of nitrogens with zero attached hydrogens (tertiary/aromatic N) is 1. The summed E-state index contributed by atoms with van der Waals surface area (Å²) in [5, 5.41) is 16.5. The van der Waals surface area contributed by atoms with E-state index in [2.05, 4.69) is 16.7 Å². The largest absolute Gasteiger partial charge is 0.345 e.